The summed E-state index contributed by atoms with van der Waals surface area (Å²) in [4.78, 5) is 12.8. The zero-order valence-electron chi connectivity index (χ0n) is 19.1. The van der Waals surface area contributed by atoms with Crippen LogP contribution in [-0.2, 0) is 14.8 Å². The molecular formula is C23H31N3O5S. The third kappa shape index (κ3) is 7.35. The normalized spacial score (nSPS) is 12.7. The Morgan fingerprint density at radius 3 is 2.41 bits per heavy atom. The number of carbonyl (C=O) groups is 1. The van der Waals surface area contributed by atoms with Gasteiger partial charge in [0.15, 0.2) is 11.5 Å². The maximum absolute atomic E-state index is 12.7. The minimum absolute atomic E-state index is 0.0887. The highest BCUT2D eigenvalue weighted by molar-refractivity contribution is 7.89. The van der Waals surface area contributed by atoms with E-state index < -0.39 is 22.0 Å². The summed E-state index contributed by atoms with van der Waals surface area (Å²) in [6.07, 6.45) is 1.78. The van der Waals surface area contributed by atoms with E-state index in [4.69, 9.17) is 9.47 Å². The van der Waals surface area contributed by atoms with Gasteiger partial charge in [-0.25, -0.2) is 13.8 Å². The molecule has 0 heterocycles. The highest BCUT2D eigenvalue weighted by atomic mass is 32.2. The molecule has 1 amide bonds. The first-order chi connectivity index (χ1) is 15.2. The van der Waals surface area contributed by atoms with Gasteiger partial charge in [-0.2, -0.15) is 9.82 Å². The van der Waals surface area contributed by atoms with Crippen molar-refractivity contribution < 1.29 is 22.7 Å². The fourth-order valence-corrected chi connectivity index (χ4v) is 4.15. The molecule has 0 saturated carbocycles. The molecular weight excluding hydrogens is 430 g/mol. The number of aryl methyl sites for hydroxylation is 1. The predicted octanol–water partition coefficient (Wildman–Crippen LogP) is 3.25. The van der Waals surface area contributed by atoms with Gasteiger partial charge in [0.05, 0.1) is 24.8 Å². The van der Waals surface area contributed by atoms with Gasteiger partial charge in [-0.1, -0.05) is 31.5 Å². The molecule has 0 radical (unpaired) electrons. The lowest BCUT2D eigenvalue weighted by Crippen LogP contribution is -2.46. The van der Waals surface area contributed by atoms with Crippen molar-refractivity contribution >= 4 is 22.1 Å². The Hall–Kier alpha value is -2.91. The number of rotatable bonds is 11. The van der Waals surface area contributed by atoms with Gasteiger partial charge in [0.1, 0.15) is 6.04 Å². The van der Waals surface area contributed by atoms with Crippen LogP contribution in [0.25, 0.3) is 0 Å². The van der Waals surface area contributed by atoms with Gasteiger partial charge >= 0.3 is 0 Å². The topological polar surface area (TPSA) is 106 Å². The van der Waals surface area contributed by atoms with Crippen LogP contribution < -0.4 is 19.6 Å². The molecule has 1 atom stereocenters. The number of benzene rings is 2. The molecule has 0 aromatic heterocycles. The van der Waals surface area contributed by atoms with E-state index in [1.165, 1.54) is 25.5 Å². The fourth-order valence-electron chi connectivity index (χ4n) is 2.94. The Labute approximate surface area is 190 Å². The first-order valence-electron chi connectivity index (χ1n) is 10.4. The first-order valence-corrected chi connectivity index (χ1v) is 11.9. The predicted molar refractivity (Wildman–Crippen MR) is 125 cm³/mol. The van der Waals surface area contributed by atoms with Gasteiger partial charge in [0.2, 0.25) is 10.0 Å². The molecule has 0 aliphatic carbocycles. The quantitative estimate of drug-likeness (QED) is 0.395. The SMILES string of the molecule is CCOc1ccc(/C=N\NC(=O)[C@@H](CC(C)C)NS(=O)(=O)c2ccc(C)cc2)cc1OC. The Morgan fingerprint density at radius 2 is 1.81 bits per heavy atom. The fraction of sp³-hybridized carbons (Fsp3) is 0.391. The highest BCUT2D eigenvalue weighted by Crippen LogP contribution is 2.27. The molecule has 2 N–H and O–H groups in total. The summed E-state index contributed by atoms with van der Waals surface area (Å²) in [5.74, 6) is 0.707. The van der Waals surface area contributed by atoms with Gasteiger partial charge in [0, 0.05) is 0 Å². The molecule has 0 unspecified atom stereocenters. The number of amides is 1. The van der Waals surface area contributed by atoms with Crippen LogP contribution in [0.3, 0.4) is 0 Å². The Kier molecular flexibility index (Phi) is 9.22. The summed E-state index contributed by atoms with van der Waals surface area (Å²) >= 11 is 0. The van der Waals surface area contributed by atoms with E-state index in [1.54, 1.807) is 30.3 Å². The van der Waals surface area contributed by atoms with Crippen molar-refractivity contribution in [2.75, 3.05) is 13.7 Å². The van der Waals surface area contributed by atoms with E-state index in [0.717, 1.165) is 5.56 Å². The number of ether oxygens (including phenoxy) is 2. The van der Waals surface area contributed by atoms with E-state index in [0.29, 0.717) is 30.1 Å². The van der Waals surface area contributed by atoms with Gasteiger partial charge in [0.25, 0.3) is 5.91 Å². The standard InChI is InChI=1S/C23H31N3O5S/c1-6-31-21-12-9-18(14-22(21)30-5)15-24-25-23(27)20(13-16(2)3)26-32(28,29)19-10-7-17(4)8-11-19/h7-12,14-16,20,26H,6,13H2,1-5H3,(H,25,27)/b24-15-/t20-/m1/s1. The number of carbonyl (C=O) groups excluding carboxylic acids is 1. The van der Waals surface area contributed by atoms with Crippen LogP contribution in [0.4, 0.5) is 0 Å². The van der Waals surface area contributed by atoms with Crippen molar-refractivity contribution in [3.05, 3.63) is 53.6 Å². The molecule has 2 rings (SSSR count). The van der Waals surface area contributed by atoms with E-state index >= 15 is 0 Å². The van der Waals surface area contributed by atoms with Crippen LogP contribution in [0.15, 0.2) is 52.5 Å². The minimum atomic E-state index is -3.86. The van der Waals surface area contributed by atoms with Crippen molar-refractivity contribution in [2.24, 2.45) is 11.0 Å². The third-order valence-corrected chi connectivity index (χ3v) is 6.02. The lowest BCUT2D eigenvalue weighted by atomic mass is 10.0. The molecule has 0 fully saturated rings. The second-order valence-electron chi connectivity index (χ2n) is 7.69. The largest absolute Gasteiger partial charge is 0.493 e. The summed E-state index contributed by atoms with van der Waals surface area (Å²) < 4.78 is 38.7. The van der Waals surface area contributed by atoms with Crippen LogP contribution in [0, 0.1) is 12.8 Å². The van der Waals surface area contributed by atoms with Crippen LogP contribution in [0.1, 0.15) is 38.3 Å². The van der Waals surface area contributed by atoms with Gasteiger partial charge in [-0.3, -0.25) is 4.79 Å². The number of nitrogens with zero attached hydrogens (tertiary/aromatic N) is 1. The maximum Gasteiger partial charge on any atom is 0.258 e. The summed E-state index contributed by atoms with van der Waals surface area (Å²) in [6, 6.07) is 10.7. The van der Waals surface area contributed by atoms with Crippen LogP contribution >= 0.6 is 0 Å². The zero-order valence-corrected chi connectivity index (χ0v) is 19.9. The smallest absolute Gasteiger partial charge is 0.258 e. The van der Waals surface area contributed by atoms with Crippen molar-refractivity contribution in [2.45, 2.75) is 45.1 Å². The Bertz CT molecular complexity index is 1030. The van der Waals surface area contributed by atoms with E-state index in [-0.39, 0.29) is 10.8 Å². The highest BCUT2D eigenvalue weighted by Gasteiger charge is 2.26. The molecule has 0 bridgehead atoms. The maximum atomic E-state index is 12.7. The number of nitrogens with one attached hydrogen (secondary N) is 2. The van der Waals surface area contributed by atoms with Crippen molar-refractivity contribution in [3.63, 3.8) is 0 Å². The number of hydrogen-bond donors (Lipinski definition) is 2. The third-order valence-electron chi connectivity index (χ3n) is 4.53. The van der Waals surface area contributed by atoms with Crippen LogP contribution in [0.5, 0.6) is 11.5 Å². The van der Waals surface area contributed by atoms with Crippen molar-refractivity contribution in [1.29, 1.82) is 0 Å². The summed E-state index contributed by atoms with van der Waals surface area (Å²) in [5.41, 5.74) is 4.06. The lowest BCUT2D eigenvalue weighted by molar-refractivity contribution is -0.123. The first kappa shape index (κ1) is 25.4. The molecule has 0 spiro atoms. The Morgan fingerprint density at radius 1 is 1.12 bits per heavy atom. The summed E-state index contributed by atoms with van der Waals surface area (Å²) in [5, 5.41) is 3.98. The van der Waals surface area contributed by atoms with Crippen molar-refractivity contribution in [1.82, 2.24) is 10.1 Å². The second-order valence-corrected chi connectivity index (χ2v) is 9.41. The minimum Gasteiger partial charge on any atom is -0.493 e. The van der Waals surface area contributed by atoms with Gasteiger partial charge in [-0.05, 0) is 62.1 Å². The van der Waals surface area contributed by atoms with E-state index in [9.17, 15) is 13.2 Å². The molecule has 0 saturated heterocycles. The molecule has 0 aliphatic heterocycles. The average Bonchev–Trinajstić information content (AvgIpc) is 2.74. The molecule has 8 nitrogen and oxygen atoms in total. The van der Waals surface area contributed by atoms with Gasteiger partial charge < -0.3 is 9.47 Å². The van der Waals surface area contributed by atoms with E-state index in [1.807, 2.05) is 27.7 Å². The monoisotopic (exact) mass is 461 g/mol. The van der Waals surface area contributed by atoms with Crippen LogP contribution in [-0.4, -0.2) is 40.3 Å². The molecule has 9 heteroatoms. The lowest BCUT2D eigenvalue weighted by Gasteiger charge is -2.19. The van der Waals surface area contributed by atoms with Crippen molar-refractivity contribution in [3.8, 4) is 11.5 Å². The van der Waals surface area contributed by atoms with E-state index in [2.05, 4.69) is 15.2 Å². The zero-order chi connectivity index (χ0) is 23.7. The summed E-state index contributed by atoms with van der Waals surface area (Å²) in [7, 11) is -2.32. The van der Waals surface area contributed by atoms with Crippen LogP contribution in [0.2, 0.25) is 0 Å². The number of hydrogen-bond acceptors (Lipinski definition) is 6. The number of methoxy groups -OCH3 is 1. The second kappa shape index (κ2) is 11.6. The van der Waals surface area contributed by atoms with Gasteiger partial charge in [-0.15, -0.1) is 0 Å². The Balaban J connectivity index is 2.12. The molecule has 32 heavy (non-hydrogen) atoms. The summed E-state index contributed by atoms with van der Waals surface area (Å²) in [6.45, 7) is 8.09. The molecule has 174 valence electrons. The molecule has 0 aliphatic rings. The number of sulfonamides is 1. The molecule has 2 aromatic rings. The molecule has 2 aromatic carbocycles. The number of hydrazone groups is 1. The average molecular weight is 462 g/mol.